The Hall–Kier alpha value is -1.00. The van der Waals surface area contributed by atoms with Crippen molar-refractivity contribution in [3.63, 3.8) is 0 Å². The van der Waals surface area contributed by atoms with Crippen LogP contribution in [0.5, 0.6) is 0 Å². The SMILES string of the molecule is N[C@H](O)c1ccc(F)c(F)c1. The summed E-state index contributed by atoms with van der Waals surface area (Å²) in [6.07, 6.45) is -1.26. The first-order chi connectivity index (χ1) is 5.11. The Morgan fingerprint density at radius 1 is 1.27 bits per heavy atom. The summed E-state index contributed by atoms with van der Waals surface area (Å²) < 4.78 is 24.7. The van der Waals surface area contributed by atoms with Gasteiger partial charge in [0.05, 0.1) is 0 Å². The van der Waals surface area contributed by atoms with Crippen molar-refractivity contribution in [2.24, 2.45) is 5.73 Å². The topological polar surface area (TPSA) is 46.2 Å². The standard InChI is InChI=1S/C7H7F2NO/c8-5-2-1-4(7(10)11)3-6(5)9/h1-3,7,11H,10H2/t7-/m1/s1. The van der Waals surface area contributed by atoms with Gasteiger partial charge in [-0.05, 0) is 17.7 Å². The van der Waals surface area contributed by atoms with Gasteiger partial charge in [0.15, 0.2) is 11.6 Å². The molecule has 0 spiro atoms. The summed E-state index contributed by atoms with van der Waals surface area (Å²) >= 11 is 0. The lowest BCUT2D eigenvalue weighted by Crippen LogP contribution is -2.08. The van der Waals surface area contributed by atoms with Crippen LogP contribution in [-0.2, 0) is 0 Å². The normalized spacial score (nSPS) is 13.1. The van der Waals surface area contributed by atoms with Gasteiger partial charge in [0.1, 0.15) is 6.23 Å². The second-order valence-corrected chi connectivity index (χ2v) is 2.12. The molecule has 0 bridgehead atoms. The Morgan fingerprint density at radius 2 is 1.91 bits per heavy atom. The largest absolute Gasteiger partial charge is 0.375 e. The zero-order valence-corrected chi connectivity index (χ0v) is 5.59. The van der Waals surface area contributed by atoms with Crippen LogP contribution in [0.25, 0.3) is 0 Å². The Kier molecular flexibility index (Phi) is 2.16. The highest BCUT2D eigenvalue weighted by Gasteiger charge is 2.05. The van der Waals surface area contributed by atoms with Crippen molar-refractivity contribution < 1.29 is 13.9 Å². The molecule has 1 atom stereocenters. The van der Waals surface area contributed by atoms with E-state index in [1.165, 1.54) is 6.07 Å². The lowest BCUT2D eigenvalue weighted by Gasteiger charge is -2.03. The van der Waals surface area contributed by atoms with Crippen LogP contribution in [0.1, 0.15) is 11.8 Å². The zero-order chi connectivity index (χ0) is 8.43. The van der Waals surface area contributed by atoms with E-state index in [9.17, 15) is 8.78 Å². The van der Waals surface area contributed by atoms with Crippen LogP contribution in [0.2, 0.25) is 0 Å². The monoisotopic (exact) mass is 159 g/mol. The van der Waals surface area contributed by atoms with Crippen molar-refractivity contribution in [2.45, 2.75) is 6.23 Å². The highest BCUT2D eigenvalue weighted by molar-refractivity contribution is 5.19. The molecule has 0 saturated heterocycles. The minimum absolute atomic E-state index is 0.156. The number of halogens is 2. The van der Waals surface area contributed by atoms with E-state index in [0.29, 0.717) is 0 Å². The fraction of sp³-hybridized carbons (Fsp3) is 0.143. The molecule has 0 aliphatic carbocycles. The molecule has 1 aromatic carbocycles. The molecule has 0 radical (unpaired) electrons. The van der Waals surface area contributed by atoms with Gasteiger partial charge >= 0.3 is 0 Å². The molecule has 4 heteroatoms. The third-order valence-corrected chi connectivity index (χ3v) is 1.29. The van der Waals surface area contributed by atoms with E-state index in [4.69, 9.17) is 10.8 Å². The van der Waals surface area contributed by atoms with Crippen LogP contribution in [0.4, 0.5) is 8.78 Å². The van der Waals surface area contributed by atoms with Gasteiger partial charge in [0, 0.05) is 0 Å². The molecular weight excluding hydrogens is 152 g/mol. The quantitative estimate of drug-likeness (QED) is 0.598. The minimum atomic E-state index is -1.26. The van der Waals surface area contributed by atoms with Crippen molar-refractivity contribution in [1.82, 2.24) is 0 Å². The fourth-order valence-electron chi connectivity index (χ4n) is 0.696. The number of aliphatic hydroxyl groups excluding tert-OH is 1. The molecule has 0 fully saturated rings. The summed E-state index contributed by atoms with van der Waals surface area (Å²) in [7, 11) is 0. The zero-order valence-electron chi connectivity index (χ0n) is 5.59. The predicted molar refractivity (Wildman–Crippen MR) is 35.5 cm³/mol. The molecule has 60 valence electrons. The van der Waals surface area contributed by atoms with E-state index < -0.39 is 17.9 Å². The van der Waals surface area contributed by atoms with Gasteiger partial charge in [0.2, 0.25) is 0 Å². The average molecular weight is 159 g/mol. The predicted octanol–water partition coefficient (Wildman–Crippen LogP) is 0.914. The maximum atomic E-state index is 12.4. The molecule has 0 aliphatic heterocycles. The highest BCUT2D eigenvalue weighted by atomic mass is 19.2. The van der Waals surface area contributed by atoms with Crippen molar-refractivity contribution in [2.75, 3.05) is 0 Å². The first-order valence-corrected chi connectivity index (χ1v) is 3.00. The molecule has 3 N–H and O–H groups in total. The van der Waals surface area contributed by atoms with Crippen LogP contribution in [-0.4, -0.2) is 5.11 Å². The first-order valence-electron chi connectivity index (χ1n) is 3.00. The number of rotatable bonds is 1. The number of benzene rings is 1. The molecule has 0 saturated carbocycles. The Bertz CT molecular complexity index is 263. The second kappa shape index (κ2) is 2.94. The van der Waals surface area contributed by atoms with E-state index in [1.54, 1.807) is 0 Å². The van der Waals surface area contributed by atoms with Gasteiger partial charge < -0.3 is 10.8 Å². The second-order valence-electron chi connectivity index (χ2n) is 2.12. The summed E-state index contributed by atoms with van der Waals surface area (Å²) in [5.41, 5.74) is 5.16. The number of aliphatic hydroxyl groups is 1. The molecule has 0 amide bonds. The van der Waals surface area contributed by atoms with Crippen molar-refractivity contribution in [3.8, 4) is 0 Å². The molecule has 0 aliphatic rings. The van der Waals surface area contributed by atoms with Crippen molar-refractivity contribution in [3.05, 3.63) is 35.4 Å². The first kappa shape index (κ1) is 8.10. The van der Waals surface area contributed by atoms with E-state index >= 15 is 0 Å². The van der Waals surface area contributed by atoms with Gasteiger partial charge in [-0.1, -0.05) is 6.07 Å². The highest BCUT2D eigenvalue weighted by Crippen LogP contribution is 2.11. The average Bonchev–Trinajstić information content (AvgIpc) is 1.94. The maximum absolute atomic E-state index is 12.4. The molecular formula is C7H7F2NO. The summed E-state index contributed by atoms with van der Waals surface area (Å²) in [6, 6.07) is 3.00. The Morgan fingerprint density at radius 3 is 2.36 bits per heavy atom. The molecule has 0 unspecified atom stereocenters. The molecule has 1 rings (SSSR count). The van der Waals surface area contributed by atoms with Gasteiger partial charge in [0.25, 0.3) is 0 Å². The molecule has 0 heterocycles. The summed E-state index contributed by atoms with van der Waals surface area (Å²) in [5.74, 6) is -1.96. The molecule has 0 aromatic heterocycles. The van der Waals surface area contributed by atoms with E-state index in [2.05, 4.69) is 0 Å². The van der Waals surface area contributed by atoms with Gasteiger partial charge in [-0.3, -0.25) is 0 Å². The Labute approximate surface area is 62.3 Å². The number of hydrogen-bond acceptors (Lipinski definition) is 2. The minimum Gasteiger partial charge on any atom is -0.375 e. The van der Waals surface area contributed by atoms with Crippen LogP contribution >= 0.6 is 0 Å². The van der Waals surface area contributed by atoms with Crippen LogP contribution in [0, 0.1) is 11.6 Å². The number of nitrogens with two attached hydrogens (primary N) is 1. The van der Waals surface area contributed by atoms with Crippen molar-refractivity contribution in [1.29, 1.82) is 0 Å². The fourth-order valence-corrected chi connectivity index (χ4v) is 0.696. The van der Waals surface area contributed by atoms with E-state index in [0.717, 1.165) is 12.1 Å². The van der Waals surface area contributed by atoms with Gasteiger partial charge in [-0.25, -0.2) is 8.78 Å². The van der Waals surface area contributed by atoms with E-state index in [-0.39, 0.29) is 5.56 Å². The lowest BCUT2D eigenvalue weighted by atomic mass is 10.2. The lowest BCUT2D eigenvalue weighted by molar-refractivity contribution is 0.185. The molecule has 1 aromatic rings. The third kappa shape index (κ3) is 1.72. The van der Waals surface area contributed by atoms with E-state index in [1.807, 2.05) is 0 Å². The van der Waals surface area contributed by atoms with Crippen LogP contribution < -0.4 is 5.73 Å². The van der Waals surface area contributed by atoms with Crippen LogP contribution in [0.15, 0.2) is 18.2 Å². The van der Waals surface area contributed by atoms with Crippen LogP contribution in [0.3, 0.4) is 0 Å². The number of hydrogen-bond donors (Lipinski definition) is 2. The third-order valence-electron chi connectivity index (χ3n) is 1.29. The molecule has 11 heavy (non-hydrogen) atoms. The Balaban J connectivity index is 3.05. The van der Waals surface area contributed by atoms with Gasteiger partial charge in [-0.15, -0.1) is 0 Å². The molecule has 2 nitrogen and oxygen atoms in total. The van der Waals surface area contributed by atoms with Gasteiger partial charge in [-0.2, -0.15) is 0 Å². The summed E-state index contributed by atoms with van der Waals surface area (Å²) in [4.78, 5) is 0. The summed E-state index contributed by atoms with van der Waals surface area (Å²) in [5, 5.41) is 8.73. The maximum Gasteiger partial charge on any atom is 0.159 e. The smallest absolute Gasteiger partial charge is 0.159 e. The van der Waals surface area contributed by atoms with Crippen molar-refractivity contribution >= 4 is 0 Å². The summed E-state index contributed by atoms with van der Waals surface area (Å²) in [6.45, 7) is 0.